The monoisotopic (exact) mass is 329 g/mol. The van der Waals surface area contributed by atoms with Crippen LogP contribution in [0.1, 0.15) is 17.5 Å². The van der Waals surface area contributed by atoms with Crippen molar-refractivity contribution < 1.29 is 4.68 Å². The highest BCUT2D eigenvalue weighted by Crippen LogP contribution is 2.48. The van der Waals surface area contributed by atoms with Gasteiger partial charge in [-0.25, -0.2) is 0 Å². The summed E-state index contributed by atoms with van der Waals surface area (Å²) in [7, 11) is 0. The molecule has 4 atom stereocenters. The van der Waals surface area contributed by atoms with Gasteiger partial charge in [-0.2, -0.15) is 5.43 Å². The molecule has 3 heteroatoms. The van der Waals surface area contributed by atoms with Crippen LogP contribution in [0.4, 0.5) is 0 Å². The van der Waals surface area contributed by atoms with E-state index in [1.54, 1.807) is 0 Å². The second kappa shape index (κ2) is 4.42. The van der Waals surface area contributed by atoms with Gasteiger partial charge in [0.2, 0.25) is 5.71 Å². The van der Waals surface area contributed by atoms with Gasteiger partial charge in [0.1, 0.15) is 4.99 Å². The van der Waals surface area contributed by atoms with Crippen molar-refractivity contribution in [3.05, 3.63) is 71.8 Å². The molecule has 2 fully saturated rings. The number of hydrazone groups is 1. The number of hydrogen-bond acceptors (Lipinski definition) is 1. The summed E-state index contributed by atoms with van der Waals surface area (Å²) < 4.78 is 2.39. The second-order valence-corrected chi connectivity index (χ2v) is 7.69. The average molecular weight is 329 g/mol. The van der Waals surface area contributed by atoms with Gasteiger partial charge in [-0.3, -0.25) is 0 Å². The number of allylic oxidation sites excluding steroid dienone is 1. The number of hydrogen-bond donors (Lipinski definition) is 1. The zero-order valence-electron chi connectivity index (χ0n) is 13.1. The molecule has 0 unspecified atom stereocenters. The van der Waals surface area contributed by atoms with E-state index in [4.69, 9.17) is 12.2 Å². The van der Waals surface area contributed by atoms with Crippen LogP contribution in [0.5, 0.6) is 0 Å². The first-order chi connectivity index (χ1) is 11.8. The van der Waals surface area contributed by atoms with Crippen molar-refractivity contribution in [2.75, 3.05) is 0 Å². The van der Waals surface area contributed by atoms with E-state index in [2.05, 4.69) is 70.8 Å². The topological polar surface area (TPSA) is 15.0 Å². The number of benzene rings is 2. The van der Waals surface area contributed by atoms with E-state index in [0.29, 0.717) is 23.8 Å². The fraction of sp³-hybridized carbons (Fsp3) is 0.238. The van der Waals surface area contributed by atoms with Gasteiger partial charge in [0.05, 0.1) is 17.0 Å². The molecule has 2 nitrogen and oxygen atoms in total. The molecule has 2 aromatic rings. The molecule has 116 valence electrons. The first-order valence-corrected chi connectivity index (χ1v) is 9.08. The number of nitrogens with one attached hydrogen (secondary N) is 1. The van der Waals surface area contributed by atoms with Gasteiger partial charge < -0.3 is 0 Å². The highest BCUT2D eigenvalue weighted by molar-refractivity contribution is 7.80. The van der Waals surface area contributed by atoms with Crippen molar-refractivity contribution >= 4 is 22.9 Å². The largest absolute Gasteiger partial charge is 0.245 e. The molecule has 3 aliphatic carbocycles. The number of fused-ring (bicyclic) bond motifs is 8. The Hall–Kier alpha value is -2.26. The Bertz CT molecular complexity index is 924. The van der Waals surface area contributed by atoms with Crippen LogP contribution in [0.25, 0.3) is 11.1 Å². The van der Waals surface area contributed by atoms with Crippen molar-refractivity contribution in [1.82, 2.24) is 5.43 Å². The van der Waals surface area contributed by atoms with E-state index in [1.807, 2.05) is 0 Å². The summed E-state index contributed by atoms with van der Waals surface area (Å²) in [5.41, 5.74) is 10.2. The zero-order valence-corrected chi connectivity index (χ0v) is 14.0. The van der Waals surface area contributed by atoms with E-state index >= 15 is 0 Å². The lowest BCUT2D eigenvalue weighted by atomic mass is 9.90. The summed E-state index contributed by atoms with van der Waals surface area (Å²) in [6, 6.07) is 17.9. The van der Waals surface area contributed by atoms with Gasteiger partial charge in [-0.05, 0) is 35.6 Å². The van der Waals surface area contributed by atoms with Crippen molar-refractivity contribution in [2.45, 2.75) is 12.5 Å². The zero-order chi connectivity index (χ0) is 15.8. The number of nitrogens with zero attached hydrogens (tertiary/aromatic N) is 1. The third-order valence-electron chi connectivity index (χ3n) is 6.14. The third-order valence-corrected chi connectivity index (χ3v) is 6.51. The summed E-state index contributed by atoms with van der Waals surface area (Å²) in [5.74, 6) is 1.71. The van der Waals surface area contributed by atoms with Crippen LogP contribution in [-0.2, 0) is 0 Å². The maximum Gasteiger partial charge on any atom is 0.245 e. The van der Waals surface area contributed by atoms with Crippen LogP contribution in [-0.4, -0.2) is 21.4 Å². The van der Waals surface area contributed by atoms with Crippen LogP contribution in [0.15, 0.2) is 60.7 Å². The molecule has 0 radical (unpaired) electrons. The Morgan fingerprint density at radius 2 is 1.42 bits per heavy atom. The standard InChI is InChI=1S/C21H16N2S/c24-21-18-12-9-10-13(11-12)19(18)23(22-21)20-16-7-3-1-5-14(16)15-6-2-4-8-17(15)20/h1-10,12-13,18-19H,11H2/p+1/t12-,13+,18+,19-/m1/s1. The fourth-order valence-corrected chi connectivity index (χ4v) is 5.64. The molecule has 1 saturated heterocycles. The molecule has 1 heterocycles. The van der Waals surface area contributed by atoms with Crippen molar-refractivity contribution in [2.24, 2.45) is 17.8 Å². The van der Waals surface area contributed by atoms with Crippen LogP contribution in [0.2, 0.25) is 0 Å². The Labute approximate surface area is 146 Å². The second-order valence-electron chi connectivity index (χ2n) is 7.25. The molecule has 1 N–H and O–H groups in total. The van der Waals surface area contributed by atoms with Gasteiger partial charge >= 0.3 is 0 Å². The molecule has 24 heavy (non-hydrogen) atoms. The number of thiocarbonyl (C=S) groups is 1. The van der Waals surface area contributed by atoms with E-state index < -0.39 is 0 Å². The van der Waals surface area contributed by atoms with Crippen LogP contribution < -0.4 is 5.43 Å². The summed E-state index contributed by atoms with van der Waals surface area (Å²) in [4.78, 5) is 1.02. The smallest absolute Gasteiger partial charge is 0.158 e. The first kappa shape index (κ1) is 13.1. The molecule has 0 spiro atoms. The highest BCUT2D eigenvalue weighted by atomic mass is 32.1. The summed E-state index contributed by atoms with van der Waals surface area (Å²) in [6.07, 6.45) is 6.04. The van der Waals surface area contributed by atoms with Gasteiger partial charge in [0, 0.05) is 5.92 Å². The summed E-state index contributed by atoms with van der Waals surface area (Å²) >= 11 is 5.73. The molecule has 1 aliphatic heterocycles. The number of rotatable bonds is 0. The number of hydrazine groups is 1. The van der Waals surface area contributed by atoms with E-state index in [-0.39, 0.29) is 0 Å². The normalized spacial score (nSPS) is 31.2. The van der Waals surface area contributed by atoms with E-state index in [0.717, 1.165) is 4.99 Å². The van der Waals surface area contributed by atoms with Crippen LogP contribution in [0.3, 0.4) is 0 Å². The van der Waals surface area contributed by atoms with E-state index in [9.17, 15) is 0 Å². The molecule has 6 rings (SSSR count). The summed E-state index contributed by atoms with van der Waals surface area (Å²) in [5, 5.41) is 0. The SMILES string of the molecule is S=C1N[N+](=C2c3ccccc3-c3ccccc32)[C@H]2[C@@H]1[C@@H]1C=C[C@H]2C1. The molecule has 0 amide bonds. The van der Waals surface area contributed by atoms with Crippen LogP contribution in [0, 0.1) is 17.8 Å². The quantitative estimate of drug-likeness (QED) is 0.385. The Kier molecular flexibility index (Phi) is 2.41. The maximum absolute atomic E-state index is 5.73. The fourth-order valence-electron chi connectivity index (χ4n) is 5.22. The predicted molar refractivity (Wildman–Crippen MR) is 99.1 cm³/mol. The molecule has 4 aliphatic rings. The van der Waals surface area contributed by atoms with Gasteiger partial charge in [-0.1, -0.05) is 60.8 Å². The highest BCUT2D eigenvalue weighted by Gasteiger charge is 2.59. The molecule has 1 saturated carbocycles. The van der Waals surface area contributed by atoms with Crippen molar-refractivity contribution in [3.63, 3.8) is 0 Å². The Morgan fingerprint density at radius 1 is 0.833 bits per heavy atom. The van der Waals surface area contributed by atoms with Crippen LogP contribution >= 0.6 is 12.2 Å². The maximum atomic E-state index is 5.73. The lowest BCUT2D eigenvalue weighted by Gasteiger charge is -2.14. The minimum Gasteiger partial charge on any atom is -0.158 e. The van der Waals surface area contributed by atoms with Gasteiger partial charge in [0.15, 0.2) is 6.04 Å². The Balaban J connectivity index is 1.66. The third kappa shape index (κ3) is 1.47. The van der Waals surface area contributed by atoms with Crippen molar-refractivity contribution in [3.8, 4) is 11.1 Å². The molecule has 2 bridgehead atoms. The van der Waals surface area contributed by atoms with Gasteiger partial charge in [0.25, 0.3) is 0 Å². The lowest BCUT2D eigenvalue weighted by Crippen LogP contribution is -2.37. The molecule has 2 aromatic carbocycles. The minimum atomic E-state index is 0.460. The Morgan fingerprint density at radius 3 is 2.08 bits per heavy atom. The minimum absolute atomic E-state index is 0.460. The molecular weight excluding hydrogens is 312 g/mol. The average Bonchev–Trinajstić information content (AvgIpc) is 3.35. The molecule has 0 aromatic heterocycles. The summed E-state index contributed by atoms with van der Waals surface area (Å²) in [6.45, 7) is 0. The van der Waals surface area contributed by atoms with E-state index in [1.165, 1.54) is 34.4 Å². The van der Waals surface area contributed by atoms with Crippen molar-refractivity contribution in [1.29, 1.82) is 0 Å². The first-order valence-electron chi connectivity index (χ1n) is 8.67. The molecular formula is C21H17N2S+. The lowest BCUT2D eigenvalue weighted by molar-refractivity contribution is -0.597. The van der Waals surface area contributed by atoms with Gasteiger partial charge in [-0.15, -0.1) is 4.68 Å². The predicted octanol–water partition coefficient (Wildman–Crippen LogP) is 3.55.